The Labute approximate surface area is 73.7 Å². The molecule has 3 heteroatoms. The Morgan fingerprint density at radius 3 is 2.92 bits per heavy atom. The van der Waals surface area contributed by atoms with Gasteiger partial charge in [-0.2, -0.15) is 0 Å². The molecule has 1 aliphatic heterocycles. The van der Waals surface area contributed by atoms with Crippen LogP contribution < -0.4 is 0 Å². The number of piperidine rings is 1. The molecule has 0 aliphatic carbocycles. The van der Waals surface area contributed by atoms with Gasteiger partial charge in [-0.25, -0.2) is 4.79 Å². The van der Waals surface area contributed by atoms with Crippen LogP contribution in [0.3, 0.4) is 0 Å². The monoisotopic (exact) mass is 171 g/mol. The van der Waals surface area contributed by atoms with Crippen LogP contribution in [0.4, 0.5) is 4.79 Å². The molecule has 1 saturated heterocycles. The van der Waals surface area contributed by atoms with Crippen LogP contribution in [0.2, 0.25) is 0 Å². The Morgan fingerprint density at radius 2 is 2.33 bits per heavy atom. The van der Waals surface area contributed by atoms with E-state index in [1.165, 1.54) is 13.5 Å². The van der Waals surface area contributed by atoms with Gasteiger partial charge < -0.3 is 9.64 Å². The number of hydrogen-bond acceptors (Lipinski definition) is 2. The Hall–Kier alpha value is -0.730. The minimum Gasteiger partial charge on any atom is -0.453 e. The molecule has 0 aromatic rings. The molecule has 1 rings (SSSR count). The van der Waals surface area contributed by atoms with E-state index in [0.717, 1.165) is 25.8 Å². The number of carbonyl (C=O) groups is 1. The van der Waals surface area contributed by atoms with E-state index in [1.54, 1.807) is 0 Å². The van der Waals surface area contributed by atoms with Gasteiger partial charge in [0.1, 0.15) is 0 Å². The topological polar surface area (TPSA) is 29.5 Å². The van der Waals surface area contributed by atoms with E-state index in [9.17, 15) is 4.79 Å². The minimum atomic E-state index is -0.165. The predicted molar refractivity (Wildman–Crippen MR) is 47.0 cm³/mol. The third-order valence-electron chi connectivity index (χ3n) is 2.51. The summed E-state index contributed by atoms with van der Waals surface area (Å²) in [4.78, 5) is 13.1. The number of ether oxygens (including phenoxy) is 1. The van der Waals surface area contributed by atoms with Crippen LogP contribution in [-0.2, 0) is 4.74 Å². The third kappa shape index (κ3) is 1.90. The molecule has 0 aromatic heterocycles. The van der Waals surface area contributed by atoms with Gasteiger partial charge in [-0.3, -0.25) is 0 Å². The molecule has 0 unspecified atom stereocenters. The summed E-state index contributed by atoms with van der Waals surface area (Å²) in [5.74, 6) is 0. The highest BCUT2D eigenvalue weighted by molar-refractivity contribution is 5.67. The largest absolute Gasteiger partial charge is 0.453 e. The summed E-state index contributed by atoms with van der Waals surface area (Å²) in [7, 11) is 1.45. The first kappa shape index (κ1) is 9.36. The molecule has 1 heterocycles. The number of nitrogens with zero attached hydrogens (tertiary/aromatic N) is 1. The van der Waals surface area contributed by atoms with Gasteiger partial charge in [0.2, 0.25) is 0 Å². The zero-order chi connectivity index (χ0) is 8.97. The number of carbonyl (C=O) groups excluding carboxylic acids is 1. The zero-order valence-electron chi connectivity index (χ0n) is 7.88. The van der Waals surface area contributed by atoms with Gasteiger partial charge in [-0.1, -0.05) is 6.92 Å². The molecule has 70 valence electrons. The smallest absolute Gasteiger partial charge is 0.409 e. The van der Waals surface area contributed by atoms with Crippen molar-refractivity contribution in [2.45, 2.75) is 38.6 Å². The first-order chi connectivity index (χ1) is 5.79. The number of methoxy groups -OCH3 is 1. The summed E-state index contributed by atoms with van der Waals surface area (Å²) in [6.07, 6.45) is 4.36. The lowest BCUT2D eigenvalue weighted by molar-refractivity contribution is 0.0884. The van der Waals surface area contributed by atoms with Crippen molar-refractivity contribution < 1.29 is 9.53 Å². The van der Waals surface area contributed by atoms with Gasteiger partial charge in [-0.15, -0.1) is 0 Å². The molecule has 12 heavy (non-hydrogen) atoms. The molecule has 0 aromatic carbocycles. The fraction of sp³-hybridized carbons (Fsp3) is 0.889. The standard InChI is InChI=1S/C9H17NO2/c1-3-8-6-4-5-7-10(8)9(11)12-2/h8H,3-7H2,1-2H3/t8-/m0/s1. The molecular formula is C9H17NO2. The van der Waals surface area contributed by atoms with Crippen molar-refractivity contribution in [2.24, 2.45) is 0 Å². The summed E-state index contributed by atoms with van der Waals surface area (Å²) in [6.45, 7) is 2.98. The fourth-order valence-corrected chi connectivity index (χ4v) is 1.78. The molecule has 0 spiro atoms. The van der Waals surface area contributed by atoms with Crippen molar-refractivity contribution in [3.05, 3.63) is 0 Å². The lowest BCUT2D eigenvalue weighted by atomic mass is 10.0. The van der Waals surface area contributed by atoms with Crippen molar-refractivity contribution in [1.29, 1.82) is 0 Å². The van der Waals surface area contributed by atoms with Crippen LogP contribution >= 0.6 is 0 Å². The van der Waals surface area contributed by atoms with Crippen LogP contribution in [0.25, 0.3) is 0 Å². The SMILES string of the molecule is CC[C@H]1CCCCN1C(=O)OC. The highest BCUT2D eigenvalue weighted by Gasteiger charge is 2.25. The average Bonchev–Trinajstić information content (AvgIpc) is 2.16. The average molecular weight is 171 g/mol. The van der Waals surface area contributed by atoms with E-state index in [1.807, 2.05) is 4.90 Å². The molecule has 1 amide bonds. The normalized spacial score (nSPS) is 23.8. The highest BCUT2D eigenvalue weighted by atomic mass is 16.5. The second kappa shape index (κ2) is 4.33. The summed E-state index contributed by atoms with van der Waals surface area (Å²) < 4.78 is 4.71. The van der Waals surface area contributed by atoms with Crippen LogP contribution in [0.1, 0.15) is 32.6 Å². The highest BCUT2D eigenvalue weighted by Crippen LogP contribution is 2.19. The van der Waals surface area contributed by atoms with E-state index in [-0.39, 0.29) is 6.09 Å². The molecule has 1 aliphatic rings. The van der Waals surface area contributed by atoms with Gasteiger partial charge in [0.15, 0.2) is 0 Å². The fourth-order valence-electron chi connectivity index (χ4n) is 1.78. The number of amides is 1. The quantitative estimate of drug-likeness (QED) is 0.604. The third-order valence-corrected chi connectivity index (χ3v) is 2.51. The summed E-state index contributed by atoms with van der Waals surface area (Å²) in [5.41, 5.74) is 0. The van der Waals surface area contributed by atoms with E-state index < -0.39 is 0 Å². The van der Waals surface area contributed by atoms with Crippen LogP contribution in [-0.4, -0.2) is 30.7 Å². The molecule has 0 radical (unpaired) electrons. The van der Waals surface area contributed by atoms with Crippen molar-refractivity contribution >= 4 is 6.09 Å². The second-order valence-corrected chi connectivity index (χ2v) is 3.22. The Kier molecular flexibility index (Phi) is 3.38. The summed E-state index contributed by atoms with van der Waals surface area (Å²) >= 11 is 0. The van der Waals surface area contributed by atoms with Gasteiger partial charge in [0.05, 0.1) is 7.11 Å². The van der Waals surface area contributed by atoms with Crippen LogP contribution in [0.5, 0.6) is 0 Å². The first-order valence-electron chi connectivity index (χ1n) is 4.64. The molecule has 1 atom stereocenters. The Balaban J connectivity index is 2.52. The van der Waals surface area contributed by atoms with Crippen molar-refractivity contribution in [3.63, 3.8) is 0 Å². The van der Waals surface area contributed by atoms with Gasteiger partial charge in [0.25, 0.3) is 0 Å². The van der Waals surface area contributed by atoms with Gasteiger partial charge in [-0.05, 0) is 25.7 Å². The lowest BCUT2D eigenvalue weighted by Crippen LogP contribution is -2.43. The van der Waals surface area contributed by atoms with E-state index in [0.29, 0.717) is 6.04 Å². The van der Waals surface area contributed by atoms with Crippen LogP contribution in [0, 0.1) is 0 Å². The number of hydrogen-bond donors (Lipinski definition) is 0. The Morgan fingerprint density at radius 1 is 1.58 bits per heavy atom. The lowest BCUT2D eigenvalue weighted by Gasteiger charge is -2.33. The maximum atomic E-state index is 11.2. The number of rotatable bonds is 1. The Bertz CT molecular complexity index is 159. The molecule has 3 nitrogen and oxygen atoms in total. The molecule has 0 N–H and O–H groups in total. The van der Waals surface area contributed by atoms with Crippen molar-refractivity contribution in [3.8, 4) is 0 Å². The minimum absolute atomic E-state index is 0.165. The van der Waals surface area contributed by atoms with E-state index in [2.05, 4.69) is 6.92 Å². The number of likely N-dealkylation sites (tertiary alicyclic amines) is 1. The maximum Gasteiger partial charge on any atom is 0.409 e. The van der Waals surface area contributed by atoms with Gasteiger partial charge >= 0.3 is 6.09 Å². The second-order valence-electron chi connectivity index (χ2n) is 3.22. The molecular weight excluding hydrogens is 154 g/mol. The first-order valence-corrected chi connectivity index (χ1v) is 4.64. The van der Waals surface area contributed by atoms with E-state index in [4.69, 9.17) is 4.74 Å². The zero-order valence-corrected chi connectivity index (χ0v) is 7.88. The predicted octanol–water partition coefficient (Wildman–Crippen LogP) is 2.02. The molecule has 0 bridgehead atoms. The van der Waals surface area contributed by atoms with Gasteiger partial charge in [0, 0.05) is 12.6 Å². The summed E-state index contributed by atoms with van der Waals surface area (Å²) in [5, 5.41) is 0. The van der Waals surface area contributed by atoms with Crippen molar-refractivity contribution in [2.75, 3.05) is 13.7 Å². The molecule has 0 saturated carbocycles. The maximum absolute atomic E-state index is 11.2. The van der Waals surface area contributed by atoms with E-state index >= 15 is 0 Å². The van der Waals surface area contributed by atoms with Crippen LogP contribution in [0.15, 0.2) is 0 Å². The molecule has 1 fully saturated rings. The van der Waals surface area contributed by atoms with Crippen molar-refractivity contribution in [1.82, 2.24) is 4.90 Å². The summed E-state index contributed by atoms with van der Waals surface area (Å²) in [6, 6.07) is 0.409.